The first-order valence-corrected chi connectivity index (χ1v) is 8.26. The molecule has 0 aliphatic heterocycles. The molecule has 25 heavy (non-hydrogen) atoms. The Morgan fingerprint density at radius 2 is 1.92 bits per heavy atom. The summed E-state index contributed by atoms with van der Waals surface area (Å²) < 4.78 is 5.88. The molecule has 6 nitrogen and oxygen atoms in total. The van der Waals surface area contributed by atoms with E-state index in [1.165, 1.54) is 4.90 Å². The van der Waals surface area contributed by atoms with E-state index < -0.39 is 5.97 Å². The summed E-state index contributed by atoms with van der Waals surface area (Å²) in [4.78, 5) is 24.2. The van der Waals surface area contributed by atoms with Crippen LogP contribution < -0.4 is 10.1 Å². The van der Waals surface area contributed by atoms with Crippen LogP contribution in [0.4, 0.5) is 4.79 Å². The minimum atomic E-state index is -0.929. The van der Waals surface area contributed by atoms with E-state index in [2.05, 4.69) is 5.32 Å². The lowest BCUT2D eigenvalue weighted by atomic mass is 10.0. The second-order valence-corrected chi connectivity index (χ2v) is 6.15. The van der Waals surface area contributed by atoms with Crippen molar-refractivity contribution in [2.75, 3.05) is 13.6 Å². The number of hydrogen-bond acceptors (Lipinski definition) is 3. The second kappa shape index (κ2) is 8.37. The van der Waals surface area contributed by atoms with Crippen molar-refractivity contribution in [3.63, 3.8) is 0 Å². The average molecular weight is 344 g/mol. The molecule has 0 fully saturated rings. The first-order valence-electron chi connectivity index (χ1n) is 8.26. The van der Waals surface area contributed by atoms with Crippen molar-refractivity contribution >= 4 is 22.8 Å². The summed E-state index contributed by atoms with van der Waals surface area (Å²) in [7, 11) is 1.58. The fourth-order valence-electron chi connectivity index (χ4n) is 2.53. The summed E-state index contributed by atoms with van der Waals surface area (Å²) in [6, 6.07) is 11.5. The smallest absolute Gasteiger partial charge is 0.317 e. The molecule has 0 aromatic heterocycles. The van der Waals surface area contributed by atoms with Gasteiger partial charge in [0.15, 0.2) is 0 Å². The van der Waals surface area contributed by atoms with E-state index in [-0.39, 0.29) is 25.1 Å². The number of nitrogens with zero attached hydrogens (tertiary/aromatic N) is 1. The highest BCUT2D eigenvalue weighted by Crippen LogP contribution is 2.28. The summed E-state index contributed by atoms with van der Waals surface area (Å²) in [6.07, 6.45) is -0.0613. The number of carboxylic acid groups (broad SMARTS) is 1. The third-order valence-corrected chi connectivity index (χ3v) is 3.78. The van der Waals surface area contributed by atoms with Crippen molar-refractivity contribution in [3.05, 3.63) is 42.0 Å². The van der Waals surface area contributed by atoms with Gasteiger partial charge in [-0.15, -0.1) is 0 Å². The molecule has 0 atom stereocenters. The van der Waals surface area contributed by atoms with E-state index in [0.29, 0.717) is 6.54 Å². The quantitative estimate of drug-likeness (QED) is 0.808. The topological polar surface area (TPSA) is 78.9 Å². The summed E-state index contributed by atoms with van der Waals surface area (Å²) >= 11 is 0. The third kappa shape index (κ3) is 5.11. The van der Waals surface area contributed by atoms with Gasteiger partial charge in [0.1, 0.15) is 5.75 Å². The number of hydrogen-bond donors (Lipinski definition) is 2. The zero-order valence-electron chi connectivity index (χ0n) is 14.8. The Labute approximate surface area is 147 Å². The molecule has 2 aromatic rings. The number of fused-ring (bicyclic) bond motifs is 1. The van der Waals surface area contributed by atoms with Gasteiger partial charge in [-0.3, -0.25) is 4.79 Å². The van der Waals surface area contributed by atoms with E-state index in [1.54, 1.807) is 7.05 Å². The Hall–Kier alpha value is -2.76. The molecule has 2 rings (SSSR count). The third-order valence-electron chi connectivity index (χ3n) is 3.78. The zero-order chi connectivity index (χ0) is 18.4. The molecule has 0 unspecified atom stereocenters. The second-order valence-electron chi connectivity index (χ2n) is 6.15. The first kappa shape index (κ1) is 18.6. The molecule has 2 amide bonds. The van der Waals surface area contributed by atoms with Crippen molar-refractivity contribution in [2.24, 2.45) is 0 Å². The minimum Gasteiger partial charge on any atom is -0.491 e. The lowest BCUT2D eigenvalue weighted by Crippen LogP contribution is -2.38. The lowest BCUT2D eigenvalue weighted by Gasteiger charge is -2.20. The van der Waals surface area contributed by atoms with E-state index >= 15 is 0 Å². The maximum Gasteiger partial charge on any atom is 0.317 e. The van der Waals surface area contributed by atoms with Gasteiger partial charge in [-0.25, -0.2) is 4.79 Å². The number of nitrogens with one attached hydrogen (secondary N) is 1. The van der Waals surface area contributed by atoms with Gasteiger partial charge in [0, 0.05) is 25.7 Å². The molecular formula is C19H24N2O4. The van der Waals surface area contributed by atoms with E-state index in [1.807, 2.05) is 50.2 Å². The van der Waals surface area contributed by atoms with Gasteiger partial charge in [0.25, 0.3) is 0 Å². The normalized spacial score (nSPS) is 10.7. The average Bonchev–Trinajstić information content (AvgIpc) is 2.57. The van der Waals surface area contributed by atoms with Gasteiger partial charge in [-0.1, -0.05) is 30.3 Å². The number of rotatable bonds is 7. The molecule has 0 bridgehead atoms. The molecule has 0 aliphatic carbocycles. The van der Waals surface area contributed by atoms with E-state index in [0.717, 1.165) is 22.1 Å². The number of urea groups is 1. The summed E-state index contributed by atoms with van der Waals surface area (Å²) in [5, 5.41) is 13.7. The SMILES string of the molecule is CC(C)Oc1ccc2ccccc2c1CNC(=O)N(C)CCC(=O)O. The van der Waals surface area contributed by atoms with Crippen molar-refractivity contribution in [2.45, 2.75) is 32.9 Å². The predicted octanol–water partition coefficient (Wildman–Crippen LogP) is 3.24. The van der Waals surface area contributed by atoms with Crippen molar-refractivity contribution in [1.82, 2.24) is 10.2 Å². The Morgan fingerprint density at radius 3 is 2.60 bits per heavy atom. The number of amides is 2. The van der Waals surface area contributed by atoms with Crippen LogP contribution in [0.1, 0.15) is 25.8 Å². The number of carbonyl (C=O) groups is 2. The molecule has 6 heteroatoms. The molecule has 0 heterocycles. The van der Waals surface area contributed by atoms with Gasteiger partial charge in [0.05, 0.1) is 12.5 Å². The number of carboxylic acids is 1. The minimum absolute atomic E-state index is 0.0221. The molecule has 0 saturated carbocycles. The maximum atomic E-state index is 12.2. The van der Waals surface area contributed by atoms with Crippen LogP contribution in [-0.2, 0) is 11.3 Å². The van der Waals surface area contributed by atoms with E-state index in [9.17, 15) is 9.59 Å². The van der Waals surface area contributed by atoms with Crippen LogP contribution >= 0.6 is 0 Å². The van der Waals surface area contributed by atoms with Crippen LogP contribution in [0.3, 0.4) is 0 Å². The standard InChI is InChI=1S/C19H24N2O4/c1-13(2)25-17-9-8-14-6-4-5-7-15(14)16(17)12-20-19(24)21(3)11-10-18(22)23/h4-9,13H,10-12H2,1-3H3,(H,20,24)(H,22,23). The van der Waals surface area contributed by atoms with Crippen molar-refractivity contribution in [1.29, 1.82) is 0 Å². The van der Waals surface area contributed by atoms with Gasteiger partial charge in [-0.2, -0.15) is 0 Å². The summed E-state index contributed by atoms with van der Waals surface area (Å²) in [5.74, 6) is -0.191. The van der Waals surface area contributed by atoms with Crippen LogP contribution in [0.2, 0.25) is 0 Å². The predicted molar refractivity (Wildman–Crippen MR) is 96.8 cm³/mol. The van der Waals surface area contributed by atoms with Gasteiger partial charge in [0.2, 0.25) is 0 Å². The maximum absolute atomic E-state index is 12.2. The number of carbonyl (C=O) groups excluding carboxylic acids is 1. The zero-order valence-corrected chi connectivity index (χ0v) is 14.8. The van der Waals surface area contributed by atoms with Crippen LogP contribution in [0.25, 0.3) is 10.8 Å². The fourth-order valence-corrected chi connectivity index (χ4v) is 2.53. The van der Waals surface area contributed by atoms with Crippen LogP contribution in [-0.4, -0.2) is 41.7 Å². The highest BCUT2D eigenvalue weighted by atomic mass is 16.5. The first-order chi connectivity index (χ1) is 11.9. The van der Waals surface area contributed by atoms with Crippen molar-refractivity contribution < 1.29 is 19.4 Å². The largest absolute Gasteiger partial charge is 0.491 e. The van der Waals surface area contributed by atoms with Crippen molar-refractivity contribution in [3.8, 4) is 5.75 Å². The molecule has 134 valence electrons. The molecule has 0 saturated heterocycles. The number of benzene rings is 2. The van der Waals surface area contributed by atoms with Crippen LogP contribution in [0.15, 0.2) is 36.4 Å². The molecule has 2 aromatic carbocycles. The van der Waals surface area contributed by atoms with Crippen LogP contribution in [0.5, 0.6) is 5.75 Å². The molecule has 2 N–H and O–H groups in total. The summed E-state index contributed by atoms with van der Waals surface area (Å²) in [6.45, 7) is 4.38. The number of aliphatic carboxylic acids is 1. The van der Waals surface area contributed by atoms with Crippen LogP contribution in [0, 0.1) is 0 Å². The molecular weight excluding hydrogens is 320 g/mol. The highest BCUT2D eigenvalue weighted by molar-refractivity contribution is 5.88. The van der Waals surface area contributed by atoms with Gasteiger partial charge in [-0.05, 0) is 30.7 Å². The molecule has 0 spiro atoms. The number of ether oxygens (including phenoxy) is 1. The highest BCUT2D eigenvalue weighted by Gasteiger charge is 2.14. The lowest BCUT2D eigenvalue weighted by molar-refractivity contribution is -0.137. The van der Waals surface area contributed by atoms with Gasteiger partial charge >= 0.3 is 12.0 Å². The Bertz CT molecular complexity index is 758. The van der Waals surface area contributed by atoms with E-state index in [4.69, 9.17) is 9.84 Å². The summed E-state index contributed by atoms with van der Waals surface area (Å²) in [5.41, 5.74) is 0.909. The Balaban J connectivity index is 2.18. The Kier molecular flexibility index (Phi) is 6.22. The molecule has 0 aliphatic rings. The Morgan fingerprint density at radius 1 is 1.20 bits per heavy atom. The monoisotopic (exact) mass is 344 g/mol. The van der Waals surface area contributed by atoms with Gasteiger partial charge < -0.3 is 20.1 Å². The fraction of sp³-hybridized carbons (Fsp3) is 0.368. The molecule has 0 radical (unpaired) electrons.